The van der Waals surface area contributed by atoms with Crippen LogP contribution in [0.3, 0.4) is 0 Å². The number of rotatable bonds is 7. The van der Waals surface area contributed by atoms with E-state index in [-0.39, 0.29) is 38.1 Å². The molecule has 0 heterocycles. The molecular weight excluding hydrogens is 270 g/mol. The first-order valence-corrected chi connectivity index (χ1v) is 6.92. The zero-order chi connectivity index (χ0) is 15.7. The molecule has 0 spiro atoms. The Morgan fingerprint density at radius 2 is 1.86 bits per heavy atom. The lowest BCUT2D eigenvalue weighted by Crippen LogP contribution is -2.42. The predicted molar refractivity (Wildman–Crippen MR) is 80.6 cm³/mol. The molecule has 3 amide bonds. The van der Waals surface area contributed by atoms with Crippen LogP contribution in [0.4, 0.5) is 4.79 Å². The molecule has 116 valence electrons. The second-order valence-corrected chi connectivity index (χ2v) is 4.90. The first kappa shape index (κ1) is 17.0. The lowest BCUT2D eigenvalue weighted by Gasteiger charge is -2.22. The molecule has 2 N–H and O–H groups in total. The summed E-state index contributed by atoms with van der Waals surface area (Å²) in [6, 6.07) is 9.28. The highest BCUT2D eigenvalue weighted by molar-refractivity contribution is 5.78. The second-order valence-electron chi connectivity index (χ2n) is 4.90. The number of aliphatic hydroxyl groups is 1. The van der Waals surface area contributed by atoms with Gasteiger partial charge in [-0.15, -0.1) is 0 Å². The number of hydrogen-bond acceptors (Lipinski definition) is 3. The minimum Gasteiger partial charge on any atom is -0.395 e. The van der Waals surface area contributed by atoms with E-state index in [2.05, 4.69) is 5.32 Å². The Kier molecular flexibility index (Phi) is 7.25. The van der Waals surface area contributed by atoms with Gasteiger partial charge in [-0.05, 0) is 5.56 Å². The quantitative estimate of drug-likeness (QED) is 0.776. The van der Waals surface area contributed by atoms with Gasteiger partial charge in [0.1, 0.15) is 0 Å². The van der Waals surface area contributed by atoms with Crippen molar-refractivity contribution in [1.82, 2.24) is 15.1 Å². The second kappa shape index (κ2) is 8.97. The normalized spacial score (nSPS) is 10.0. The van der Waals surface area contributed by atoms with E-state index >= 15 is 0 Å². The van der Waals surface area contributed by atoms with Crippen LogP contribution < -0.4 is 5.32 Å². The molecule has 0 unspecified atom stereocenters. The van der Waals surface area contributed by atoms with Crippen LogP contribution in [0.2, 0.25) is 0 Å². The Morgan fingerprint density at radius 3 is 2.43 bits per heavy atom. The van der Waals surface area contributed by atoms with Crippen LogP contribution in [0.15, 0.2) is 30.3 Å². The van der Waals surface area contributed by atoms with Gasteiger partial charge in [-0.3, -0.25) is 4.79 Å². The zero-order valence-electron chi connectivity index (χ0n) is 12.6. The maximum Gasteiger partial charge on any atom is 0.317 e. The Morgan fingerprint density at radius 1 is 1.19 bits per heavy atom. The monoisotopic (exact) mass is 293 g/mol. The van der Waals surface area contributed by atoms with E-state index in [0.29, 0.717) is 6.54 Å². The van der Waals surface area contributed by atoms with Gasteiger partial charge < -0.3 is 20.2 Å². The molecule has 0 fully saturated rings. The summed E-state index contributed by atoms with van der Waals surface area (Å²) in [7, 11) is 3.36. The van der Waals surface area contributed by atoms with E-state index in [1.165, 1.54) is 9.80 Å². The van der Waals surface area contributed by atoms with Gasteiger partial charge >= 0.3 is 6.03 Å². The van der Waals surface area contributed by atoms with E-state index in [1.54, 1.807) is 14.1 Å². The summed E-state index contributed by atoms with van der Waals surface area (Å²) in [6.07, 6.45) is 0.261. The number of nitrogens with one attached hydrogen (secondary N) is 1. The van der Waals surface area contributed by atoms with Crippen molar-refractivity contribution in [2.24, 2.45) is 0 Å². The SMILES string of the molecule is CN(C)C(=O)CCNC(=O)N(CCO)Cc1ccccc1. The van der Waals surface area contributed by atoms with Crippen molar-refractivity contribution in [2.75, 3.05) is 33.8 Å². The molecule has 1 aromatic rings. The Labute approximate surface area is 125 Å². The highest BCUT2D eigenvalue weighted by Gasteiger charge is 2.13. The third kappa shape index (κ3) is 6.27. The fourth-order valence-electron chi connectivity index (χ4n) is 1.79. The molecule has 6 nitrogen and oxygen atoms in total. The molecular formula is C15H23N3O3. The molecule has 6 heteroatoms. The van der Waals surface area contributed by atoms with Crippen LogP contribution in [0.5, 0.6) is 0 Å². The van der Waals surface area contributed by atoms with Crippen molar-refractivity contribution in [3.8, 4) is 0 Å². The summed E-state index contributed by atoms with van der Waals surface area (Å²) in [6.45, 7) is 0.862. The fourth-order valence-corrected chi connectivity index (χ4v) is 1.79. The van der Waals surface area contributed by atoms with Gasteiger partial charge in [-0.1, -0.05) is 30.3 Å². The van der Waals surface area contributed by atoms with Crippen molar-refractivity contribution >= 4 is 11.9 Å². The fraction of sp³-hybridized carbons (Fsp3) is 0.467. The molecule has 0 aliphatic heterocycles. The third-order valence-corrected chi connectivity index (χ3v) is 2.99. The van der Waals surface area contributed by atoms with Crippen LogP contribution in [-0.2, 0) is 11.3 Å². The number of benzene rings is 1. The van der Waals surface area contributed by atoms with Gasteiger partial charge in [-0.25, -0.2) is 4.79 Å². The van der Waals surface area contributed by atoms with E-state index in [0.717, 1.165) is 5.56 Å². The summed E-state index contributed by atoms with van der Waals surface area (Å²) >= 11 is 0. The summed E-state index contributed by atoms with van der Waals surface area (Å²) in [5.41, 5.74) is 0.991. The summed E-state index contributed by atoms with van der Waals surface area (Å²) in [4.78, 5) is 26.5. The molecule has 21 heavy (non-hydrogen) atoms. The maximum absolute atomic E-state index is 12.1. The summed E-state index contributed by atoms with van der Waals surface area (Å²) in [5, 5.41) is 11.8. The van der Waals surface area contributed by atoms with Gasteiger partial charge in [0.25, 0.3) is 0 Å². The highest BCUT2D eigenvalue weighted by Crippen LogP contribution is 2.04. The van der Waals surface area contributed by atoms with E-state index in [4.69, 9.17) is 5.11 Å². The van der Waals surface area contributed by atoms with E-state index < -0.39 is 0 Å². The first-order valence-electron chi connectivity index (χ1n) is 6.92. The average molecular weight is 293 g/mol. The topological polar surface area (TPSA) is 72.9 Å². The van der Waals surface area contributed by atoms with Crippen molar-refractivity contribution in [1.29, 1.82) is 0 Å². The molecule has 0 saturated carbocycles. The van der Waals surface area contributed by atoms with Crippen LogP contribution in [0, 0.1) is 0 Å². The first-order chi connectivity index (χ1) is 10.0. The van der Waals surface area contributed by atoms with Gasteiger partial charge in [0, 0.05) is 40.2 Å². The van der Waals surface area contributed by atoms with E-state index in [1.807, 2.05) is 30.3 Å². The molecule has 0 atom stereocenters. The number of nitrogens with zero attached hydrogens (tertiary/aromatic N) is 2. The number of urea groups is 1. The van der Waals surface area contributed by atoms with Crippen molar-refractivity contribution < 1.29 is 14.7 Å². The number of hydrogen-bond donors (Lipinski definition) is 2. The van der Waals surface area contributed by atoms with Gasteiger partial charge in [-0.2, -0.15) is 0 Å². The molecule has 0 aliphatic rings. The van der Waals surface area contributed by atoms with Crippen molar-refractivity contribution in [3.63, 3.8) is 0 Å². The lowest BCUT2D eigenvalue weighted by atomic mass is 10.2. The minimum absolute atomic E-state index is 0.0351. The minimum atomic E-state index is -0.278. The molecule has 0 aliphatic carbocycles. The number of carbonyl (C=O) groups is 2. The Balaban J connectivity index is 2.48. The maximum atomic E-state index is 12.1. The summed E-state index contributed by atoms with van der Waals surface area (Å²) in [5.74, 6) is -0.0351. The average Bonchev–Trinajstić information content (AvgIpc) is 2.47. The van der Waals surface area contributed by atoms with Gasteiger partial charge in [0.05, 0.1) is 6.61 Å². The molecule has 1 aromatic carbocycles. The van der Waals surface area contributed by atoms with Crippen LogP contribution in [0.25, 0.3) is 0 Å². The van der Waals surface area contributed by atoms with Crippen molar-refractivity contribution in [2.45, 2.75) is 13.0 Å². The van der Waals surface area contributed by atoms with Crippen LogP contribution in [-0.4, -0.2) is 60.6 Å². The number of aliphatic hydroxyl groups excluding tert-OH is 1. The largest absolute Gasteiger partial charge is 0.395 e. The Hall–Kier alpha value is -2.08. The summed E-state index contributed by atoms with van der Waals surface area (Å²) < 4.78 is 0. The van der Waals surface area contributed by atoms with E-state index in [9.17, 15) is 9.59 Å². The van der Waals surface area contributed by atoms with Gasteiger partial charge in [0.2, 0.25) is 5.91 Å². The number of amides is 3. The Bertz CT molecular complexity index is 449. The molecule has 0 bridgehead atoms. The third-order valence-electron chi connectivity index (χ3n) is 2.99. The molecule has 1 rings (SSSR count). The zero-order valence-corrected chi connectivity index (χ0v) is 12.6. The highest BCUT2D eigenvalue weighted by atomic mass is 16.3. The predicted octanol–water partition coefficient (Wildman–Crippen LogP) is 0.669. The molecule has 0 saturated heterocycles. The molecule has 0 aromatic heterocycles. The van der Waals surface area contributed by atoms with Crippen LogP contribution in [0.1, 0.15) is 12.0 Å². The van der Waals surface area contributed by atoms with Crippen LogP contribution >= 0.6 is 0 Å². The van der Waals surface area contributed by atoms with Gasteiger partial charge in [0.15, 0.2) is 0 Å². The number of carbonyl (C=O) groups excluding carboxylic acids is 2. The lowest BCUT2D eigenvalue weighted by molar-refractivity contribution is -0.128. The smallest absolute Gasteiger partial charge is 0.317 e. The molecule has 0 radical (unpaired) electrons. The standard InChI is InChI=1S/C15H23N3O3/c1-17(2)14(20)8-9-16-15(21)18(10-11-19)12-13-6-4-3-5-7-13/h3-7,19H,8-12H2,1-2H3,(H,16,21). The van der Waals surface area contributed by atoms with Crippen molar-refractivity contribution in [3.05, 3.63) is 35.9 Å².